The summed E-state index contributed by atoms with van der Waals surface area (Å²) in [7, 11) is 0. The molecule has 2 aromatic carbocycles. The molecule has 202 valence electrons. The lowest BCUT2D eigenvalue weighted by Gasteiger charge is -2.24. The lowest BCUT2D eigenvalue weighted by atomic mass is 10.00. The van der Waals surface area contributed by atoms with Crippen LogP contribution in [0.25, 0.3) is 0 Å². The van der Waals surface area contributed by atoms with Crippen molar-refractivity contribution in [3.63, 3.8) is 0 Å². The molecule has 1 heterocycles. The summed E-state index contributed by atoms with van der Waals surface area (Å²) in [5.41, 5.74) is 1.79. The van der Waals surface area contributed by atoms with Crippen LogP contribution in [0, 0.1) is 5.92 Å². The van der Waals surface area contributed by atoms with Gasteiger partial charge >= 0.3 is 6.09 Å². The van der Waals surface area contributed by atoms with Crippen molar-refractivity contribution in [2.75, 3.05) is 5.75 Å². The van der Waals surface area contributed by atoms with Gasteiger partial charge in [0.15, 0.2) is 5.78 Å². The van der Waals surface area contributed by atoms with Crippen LogP contribution >= 0.6 is 34.7 Å². The lowest BCUT2D eigenvalue weighted by molar-refractivity contribution is -0.128. The lowest BCUT2D eigenvalue weighted by Crippen LogP contribution is -2.53. The average Bonchev–Trinajstić information content (AvgIpc) is 3.32. The number of amides is 2. The van der Waals surface area contributed by atoms with E-state index in [1.807, 2.05) is 86.6 Å². The van der Waals surface area contributed by atoms with Crippen LogP contribution in [0.3, 0.4) is 0 Å². The first-order valence-corrected chi connectivity index (χ1v) is 14.8. The molecule has 3 aromatic rings. The topological polar surface area (TPSA) is 84.5 Å². The monoisotopic (exact) mass is 572 g/mol. The minimum absolute atomic E-state index is 0.0789. The molecule has 3 rings (SSSR count). The number of ketones is 1. The Kier molecular flexibility index (Phi) is 12.2. The van der Waals surface area contributed by atoms with Crippen LogP contribution in [-0.2, 0) is 33.1 Å². The molecule has 0 saturated heterocycles. The molecule has 0 bridgehead atoms. The number of carbonyl (C=O) groups is 3. The van der Waals surface area contributed by atoms with Gasteiger partial charge in [-0.25, -0.2) is 4.79 Å². The molecule has 0 aliphatic heterocycles. The van der Waals surface area contributed by atoms with Gasteiger partial charge in [-0.1, -0.05) is 86.1 Å². The molecule has 9 heteroatoms. The predicted molar refractivity (Wildman–Crippen MR) is 156 cm³/mol. The van der Waals surface area contributed by atoms with Crippen LogP contribution < -0.4 is 10.6 Å². The molecule has 6 nitrogen and oxygen atoms in total. The number of rotatable bonds is 14. The van der Waals surface area contributed by atoms with Crippen molar-refractivity contribution in [3.05, 3.63) is 93.1 Å². The van der Waals surface area contributed by atoms with E-state index in [9.17, 15) is 14.4 Å². The number of alkyl carbamates (subject to hydrolysis) is 1. The van der Waals surface area contributed by atoms with Crippen LogP contribution in [0.2, 0.25) is 4.34 Å². The van der Waals surface area contributed by atoms with Crippen molar-refractivity contribution in [2.24, 2.45) is 5.92 Å². The second-order valence-electron chi connectivity index (χ2n) is 9.30. The third kappa shape index (κ3) is 10.5. The number of nitrogens with one attached hydrogen (secondary N) is 2. The van der Waals surface area contributed by atoms with E-state index in [4.69, 9.17) is 16.3 Å². The summed E-state index contributed by atoms with van der Waals surface area (Å²) in [6.07, 6.45) is 0.0986. The first kappa shape index (κ1) is 29.7. The fourth-order valence-corrected chi connectivity index (χ4v) is 5.93. The van der Waals surface area contributed by atoms with Crippen molar-refractivity contribution in [2.45, 2.75) is 51.1 Å². The Morgan fingerprint density at radius 3 is 2.16 bits per heavy atom. The van der Waals surface area contributed by atoms with Gasteiger partial charge in [-0.15, -0.1) is 23.1 Å². The number of carbonyl (C=O) groups excluding carboxylic acids is 3. The number of Topliss-reactive ketones (excluding diaryl/α,β-unsaturated/α-hetero) is 1. The summed E-state index contributed by atoms with van der Waals surface area (Å²) in [4.78, 5) is 40.2. The van der Waals surface area contributed by atoms with Crippen molar-refractivity contribution in [3.8, 4) is 0 Å². The Balaban J connectivity index is 1.63. The molecule has 1 aromatic heterocycles. The van der Waals surface area contributed by atoms with Crippen LogP contribution in [0.15, 0.2) is 72.8 Å². The zero-order chi connectivity index (χ0) is 27.3. The van der Waals surface area contributed by atoms with Gasteiger partial charge in [0.2, 0.25) is 5.91 Å². The molecule has 2 amide bonds. The summed E-state index contributed by atoms with van der Waals surface area (Å²) in [5, 5.41) is 5.60. The molecule has 0 radical (unpaired) electrons. The molecule has 38 heavy (non-hydrogen) atoms. The van der Waals surface area contributed by atoms with E-state index in [0.29, 0.717) is 22.9 Å². The average molecular weight is 573 g/mol. The molecule has 2 atom stereocenters. The van der Waals surface area contributed by atoms with Crippen LogP contribution in [0.4, 0.5) is 4.79 Å². The number of thioether (sulfide) groups is 1. The highest BCUT2D eigenvalue weighted by atomic mass is 35.5. The number of hydrogen-bond donors (Lipinski definition) is 2. The van der Waals surface area contributed by atoms with E-state index < -0.39 is 24.1 Å². The number of hydrogen-bond acceptors (Lipinski definition) is 6. The Hall–Kier alpha value is -2.81. The first-order valence-electron chi connectivity index (χ1n) is 12.5. The SMILES string of the molecule is CC(C)CC(NC(=O)OCc1ccccc1)C(=O)NC(Cc1ccccc1)C(=O)CSCc1ccc(Cl)s1. The molecule has 2 unspecified atom stereocenters. The molecule has 0 saturated carbocycles. The van der Waals surface area contributed by atoms with Crippen molar-refractivity contribution < 1.29 is 19.1 Å². The smallest absolute Gasteiger partial charge is 0.408 e. The third-order valence-corrected chi connectivity index (χ3v) is 8.05. The number of thiophene rings is 1. The fraction of sp³-hybridized carbons (Fsp3) is 0.345. The Labute approximate surface area is 237 Å². The first-order chi connectivity index (χ1) is 18.3. The van der Waals surface area contributed by atoms with Crippen molar-refractivity contribution in [1.29, 1.82) is 0 Å². The van der Waals surface area contributed by atoms with Crippen molar-refractivity contribution in [1.82, 2.24) is 10.6 Å². The van der Waals surface area contributed by atoms with Crippen LogP contribution in [-0.4, -0.2) is 35.6 Å². The molecule has 0 fully saturated rings. The summed E-state index contributed by atoms with van der Waals surface area (Å²) in [6, 6.07) is 21.1. The van der Waals surface area contributed by atoms with E-state index in [2.05, 4.69) is 10.6 Å². The van der Waals surface area contributed by atoms with Crippen LogP contribution in [0.5, 0.6) is 0 Å². The highest BCUT2D eigenvalue weighted by Gasteiger charge is 2.28. The van der Waals surface area contributed by atoms with E-state index in [-0.39, 0.29) is 24.1 Å². The minimum atomic E-state index is -0.828. The summed E-state index contributed by atoms with van der Waals surface area (Å²) >= 11 is 8.99. The summed E-state index contributed by atoms with van der Waals surface area (Å²) in [5.74, 6) is 0.565. The normalized spacial score (nSPS) is 12.5. The quantitative estimate of drug-likeness (QED) is 0.238. The van der Waals surface area contributed by atoms with Crippen molar-refractivity contribution >= 4 is 52.5 Å². The molecule has 2 N–H and O–H groups in total. The summed E-state index contributed by atoms with van der Waals surface area (Å²) in [6.45, 7) is 4.04. The highest BCUT2D eigenvalue weighted by molar-refractivity contribution is 7.99. The molecule has 0 aliphatic carbocycles. The van der Waals surface area contributed by atoms with Crippen LogP contribution in [0.1, 0.15) is 36.3 Å². The Morgan fingerprint density at radius 2 is 1.55 bits per heavy atom. The maximum atomic E-state index is 13.3. The number of ether oxygens (including phenoxy) is 1. The van der Waals surface area contributed by atoms with Gasteiger partial charge in [-0.05, 0) is 42.0 Å². The molecular weight excluding hydrogens is 540 g/mol. The fourth-order valence-electron chi connectivity index (χ4n) is 3.76. The molecule has 0 spiro atoms. The Bertz CT molecular complexity index is 1170. The van der Waals surface area contributed by atoms with Gasteiger partial charge in [0, 0.05) is 10.6 Å². The molecule has 0 aliphatic rings. The number of benzene rings is 2. The van der Waals surface area contributed by atoms with E-state index in [1.165, 1.54) is 23.1 Å². The highest BCUT2D eigenvalue weighted by Crippen LogP contribution is 2.25. The minimum Gasteiger partial charge on any atom is -0.445 e. The zero-order valence-electron chi connectivity index (χ0n) is 21.5. The van der Waals surface area contributed by atoms with Gasteiger partial charge in [0.25, 0.3) is 0 Å². The summed E-state index contributed by atoms with van der Waals surface area (Å²) < 4.78 is 6.04. The molecular formula is C29H33ClN2O4S2. The predicted octanol–water partition coefficient (Wildman–Crippen LogP) is 6.27. The maximum Gasteiger partial charge on any atom is 0.408 e. The van der Waals surface area contributed by atoms with Gasteiger partial charge in [-0.2, -0.15) is 0 Å². The van der Waals surface area contributed by atoms with Gasteiger partial charge in [0.1, 0.15) is 12.6 Å². The van der Waals surface area contributed by atoms with E-state index in [1.54, 1.807) is 0 Å². The zero-order valence-corrected chi connectivity index (χ0v) is 23.9. The number of halogens is 1. The largest absolute Gasteiger partial charge is 0.445 e. The second kappa shape index (κ2) is 15.6. The maximum absolute atomic E-state index is 13.3. The van der Waals surface area contributed by atoms with Gasteiger partial charge in [0.05, 0.1) is 16.1 Å². The van der Waals surface area contributed by atoms with Gasteiger partial charge < -0.3 is 15.4 Å². The Morgan fingerprint density at radius 1 is 0.895 bits per heavy atom. The second-order valence-corrected chi connectivity index (χ2v) is 12.1. The standard InChI is InChI=1S/C29H33ClN2O4S2/c1-20(2)15-25(32-29(35)36-17-22-11-7-4-8-12-22)28(34)31-24(16-21-9-5-3-6-10-21)26(33)19-37-18-23-13-14-27(30)38-23/h3-14,20,24-25H,15-19H2,1-2H3,(H,31,34)(H,32,35). The van der Waals surface area contributed by atoms with E-state index >= 15 is 0 Å². The third-order valence-electron chi connectivity index (χ3n) is 5.63. The van der Waals surface area contributed by atoms with Gasteiger partial charge in [-0.3, -0.25) is 9.59 Å². The van der Waals surface area contributed by atoms with E-state index in [0.717, 1.165) is 16.0 Å².